The smallest absolute Gasteiger partial charge is 0.276 e. The predicted octanol–water partition coefficient (Wildman–Crippen LogP) is 3.93. The average Bonchev–Trinajstić information content (AvgIpc) is 3.13. The number of carbonyl (C=O) groups is 2. The maximum absolute atomic E-state index is 13.0. The minimum absolute atomic E-state index is 0.0323. The van der Waals surface area contributed by atoms with E-state index in [-0.39, 0.29) is 11.8 Å². The molecule has 28 heavy (non-hydrogen) atoms. The van der Waals surface area contributed by atoms with E-state index in [1.54, 1.807) is 12.1 Å². The van der Waals surface area contributed by atoms with Crippen molar-refractivity contribution in [1.29, 1.82) is 0 Å². The first-order valence-electron chi connectivity index (χ1n) is 9.40. The van der Waals surface area contributed by atoms with E-state index in [4.69, 9.17) is 0 Å². The number of rotatable bonds is 4. The summed E-state index contributed by atoms with van der Waals surface area (Å²) in [4.78, 5) is 32.3. The summed E-state index contributed by atoms with van der Waals surface area (Å²) in [5.74, 6) is -0.349. The van der Waals surface area contributed by atoms with Crippen LogP contribution >= 0.6 is 11.8 Å². The first-order chi connectivity index (χ1) is 13.7. The van der Waals surface area contributed by atoms with Gasteiger partial charge in [-0.15, -0.1) is 0 Å². The first-order valence-corrected chi connectivity index (χ1v) is 10.6. The number of aromatic nitrogens is 2. The van der Waals surface area contributed by atoms with Crippen molar-refractivity contribution in [1.82, 2.24) is 14.3 Å². The fourth-order valence-corrected chi connectivity index (χ4v) is 4.09. The third kappa shape index (κ3) is 3.49. The molecule has 1 aliphatic rings. The van der Waals surface area contributed by atoms with E-state index in [0.717, 1.165) is 43.0 Å². The second-order valence-electron chi connectivity index (χ2n) is 6.76. The summed E-state index contributed by atoms with van der Waals surface area (Å²) in [7, 11) is 0. The highest BCUT2D eigenvalue weighted by molar-refractivity contribution is 7.98. The van der Waals surface area contributed by atoms with Crippen molar-refractivity contribution >= 4 is 34.8 Å². The maximum atomic E-state index is 13.0. The molecule has 2 aromatic heterocycles. The monoisotopic (exact) mass is 394 g/mol. The number of nitrogens with zero attached hydrogens (tertiary/aromatic N) is 3. The van der Waals surface area contributed by atoms with E-state index in [0.29, 0.717) is 16.9 Å². The molecule has 2 amide bonds. The summed E-state index contributed by atoms with van der Waals surface area (Å²) in [5.41, 5.74) is 2.13. The molecule has 0 bridgehead atoms. The molecule has 3 heterocycles. The molecule has 1 fully saturated rings. The van der Waals surface area contributed by atoms with Gasteiger partial charge in [0.2, 0.25) is 0 Å². The number of imidazole rings is 1. The largest absolute Gasteiger partial charge is 0.339 e. The molecule has 0 spiro atoms. The number of anilines is 1. The molecule has 6 nitrogen and oxygen atoms in total. The molecule has 0 atom stereocenters. The summed E-state index contributed by atoms with van der Waals surface area (Å²) in [6.45, 7) is 1.54. The third-order valence-electron chi connectivity index (χ3n) is 4.96. The molecule has 0 aliphatic carbocycles. The molecule has 0 unspecified atom stereocenters. The van der Waals surface area contributed by atoms with Gasteiger partial charge in [0.1, 0.15) is 0 Å². The second kappa shape index (κ2) is 8.06. The van der Waals surface area contributed by atoms with Gasteiger partial charge in [0.05, 0.1) is 16.8 Å². The first kappa shape index (κ1) is 18.6. The zero-order chi connectivity index (χ0) is 19.5. The van der Waals surface area contributed by atoms with Crippen molar-refractivity contribution in [2.45, 2.75) is 24.4 Å². The standard InChI is InChI=1S/C21H22N4O2S/c1-28-21-23-18(17-11-5-8-14-25(17)21)19(26)22-16-10-4-3-9-15(16)20(27)24-12-6-2-7-13-24/h3-5,8-11,14H,2,6-7,12-13H2,1H3,(H,22,26). The van der Waals surface area contributed by atoms with Gasteiger partial charge in [-0.25, -0.2) is 4.98 Å². The number of amides is 2. The fourth-order valence-electron chi connectivity index (χ4n) is 3.55. The predicted molar refractivity (Wildman–Crippen MR) is 111 cm³/mol. The molecule has 0 radical (unpaired) electrons. The lowest BCUT2D eigenvalue weighted by molar-refractivity contribution is 0.0725. The number of thioether (sulfide) groups is 1. The molecular weight excluding hydrogens is 372 g/mol. The second-order valence-corrected chi connectivity index (χ2v) is 7.53. The van der Waals surface area contributed by atoms with E-state index in [2.05, 4.69) is 10.3 Å². The van der Waals surface area contributed by atoms with Crippen LogP contribution in [-0.2, 0) is 0 Å². The van der Waals surface area contributed by atoms with E-state index < -0.39 is 0 Å². The minimum Gasteiger partial charge on any atom is -0.339 e. The number of fused-ring (bicyclic) bond motifs is 1. The molecule has 7 heteroatoms. The zero-order valence-corrected chi connectivity index (χ0v) is 16.5. The number of hydrogen-bond acceptors (Lipinski definition) is 4. The highest BCUT2D eigenvalue weighted by Crippen LogP contribution is 2.23. The van der Waals surface area contributed by atoms with Gasteiger partial charge in [-0.3, -0.25) is 14.0 Å². The molecule has 1 aliphatic heterocycles. The number of pyridine rings is 1. The maximum Gasteiger partial charge on any atom is 0.276 e. The SMILES string of the molecule is CSc1nc(C(=O)Nc2ccccc2C(=O)N2CCCCC2)c2ccccn12. The Balaban J connectivity index is 1.63. The van der Waals surface area contributed by atoms with Gasteiger partial charge in [-0.05, 0) is 49.8 Å². The Kier molecular flexibility index (Phi) is 5.34. The van der Waals surface area contributed by atoms with Gasteiger partial charge in [0.15, 0.2) is 10.9 Å². The van der Waals surface area contributed by atoms with E-state index in [1.165, 1.54) is 11.8 Å². The number of hydrogen-bond donors (Lipinski definition) is 1. The van der Waals surface area contributed by atoms with Crippen LogP contribution in [0.1, 0.15) is 40.1 Å². The van der Waals surface area contributed by atoms with Crippen LogP contribution in [0.2, 0.25) is 0 Å². The Morgan fingerprint density at radius 1 is 1.04 bits per heavy atom. The molecular formula is C21H22N4O2S. The highest BCUT2D eigenvalue weighted by Gasteiger charge is 2.23. The normalized spacial score (nSPS) is 14.2. The van der Waals surface area contributed by atoms with Gasteiger partial charge in [-0.2, -0.15) is 0 Å². The van der Waals surface area contributed by atoms with Gasteiger partial charge in [0.25, 0.3) is 11.8 Å². The van der Waals surface area contributed by atoms with Crippen LogP contribution in [0, 0.1) is 0 Å². The Labute approximate surface area is 167 Å². The molecule has 4 rings (SSSR count). The van der Waals surface area contributed by atoms with E-state index in [9.17, 15) is 9.59 Å². The number of likely N-dealkylation sites (tertiary alicyclic amines) is 1. The average molecular weight is 395 g/mol. The minimum atomic E-state index is -0.317. The summed E-state index contributed by atoms with van der Waals surface area (Å²) in [6, 6.07) is 12.8. The van der Waals surface area contributed by atoms with E-state index in [1.807, 2.05) is 52.1 Å². The lowest BCUT2D eigenvalue weighted by atomic mass is 10.1. The van der Waals surface area contributed by atoms with Gasteiger partial charge >= 0.3 is 0 Å². The topological polar surface area (TPSA) is 66.7 Å². The van der Waals surface area contributed by atoms with Crippen molar-refractivity contribution in [3.05, 3.63) is 59.9 Å². The molecule has 3 aromatic rings. The fraction of sp³-hybridized carbons (Fsp3) is 0.286. The summed E-state index contributed by atoms with van der Waals surface area (Å²) in [5, 5.41) is 3.65. The van der Waals surface area contributed by atoms with Crippen LogP contribution in [0.25, 0.3) is 5.52 Å². The Bertz CT molecular complexity index is 1020. The lowest BCUT2D eigenvalue weighted by Crippen LogP contribution is -2.36. The van der Waals surface area contributed by atoms with Crippen molar-refractivity contribution in [2.24, 2.45) is 0 Å². The van der Waals surface area contributed by atoms with Crippen LogP contribution in [0.4, 0.5) is 5.69 Å². The molecule has 1 aromatic carbocycles. The summed E-state index contributed by atoms with van der Waals surface area (Å²) >= 11 is 1.48. The third-order valence-corrected chi connectivity index (χ3v) is 5.62. The molecule has 1 N–H and O–H groups in total. The van der Waals surface area contributed by atoms with Gasteiger partial charge in [-0.1, -0.05) is 30.0 Å². The Hall–Kier alpha value is -2.80. The van der Waals surface area contributed by atoms with Crippen LogP contribution in [-0.4, -0.2) is 45.4 Å². The van der Waals surface area contributed by atoms with Crippen molar-refractivity contribution in [3.8, 4) is 0 Å². The Morgan fingerprint density at radius 3 is 2.57 bits per heavy atom. The van der Waals surface area contributed by atoms with Gasteiger partial charge < -0.3 is 10.2 Å². The summed E-state index contributed by atoms with van der Waals surface area (Å²) in [6.07, 6.45) is 7.03. The summed E-state index contributed by atoms with van der Waals surface area (Å²) < 4.78 is 1.89. The molecule has 0 saturated carbocycles. The number of nitrogens with one attached hydrogen (secondary N) is 1. The zero-order valence-electron chi connectivity index (χ0n) is 15.7. The van der Waals surface area contributed by atoms with Crippen molar-refractivity contribution in [2.75, 3.05) is 24.7 Å². The highest BCUT2D eigenvalue weighted by atomic mass is 32.2. The van der Waals surface area contributed by atoms with Crippen LogP contribution in [0.5, 0.6) is 0 Å². The molecule has 1 saturated heterocycles. The lowest BCUT2D eigenvalue weighted by Gasteiger charge is -2.27. The number of carbonyl (C=O) groups excluding carboxylic acids is 2. The van der Waals surface area contributed by atoms with Gasteiger partial charge in [0, 0.05) is 19.3 Å². The van der Waals surface area contributed by atoms with Crippen molar-refractivity contribution in [3.63, 3.8) is 0 Å². The Morgan fingerprint density at radius 2 is 1.79 bits per heavy atom. The molecule has 144 valence electrons. The van der Waals surface area contributed by atoms with Crippen molar-refractivity contribution < 1.29 is 9.59 Å². The van der Waals surface area contributed by atoms with E-state index >= 15 is 0 Å². The van der Waals surface area contributed by atoms with Crippen LogP contribution < -0.4 is 5.32 Å². The quantitative estimate of drug-likeness (QED) is 0.681. The number of para-hydroxylation sites is 1. The van der Waals surface area contributed by atoms with Crippen LogP contribution in [0.3, 0.4) is 0 Å². The van der Waals surface area contributed by atoms with Crippen LogP contribution in [0.15, 0.2) is 53.8 Å². The number of benzene rings is 1. The number of piperidine rings is 1.